The Bertz CT molecular complexity index is 439. The summed E-state index contributed by atoms with van der Waals surface area (Å²) in [5, 5.41) is 0.751. The zero-order valence-corrected chi connectivity index (χ0v) is 9.56. The van der Waals surface area contributed by atoms with Crippen LogP contribution in [0.5, 0.6) is 0 Å². The van der Waals surface area contributed by atoms with Gasteiger partial charge in [-0.1, -0.05) is 23.7 Å². The molecule has 2 aromatic rings. The molecule has 2 N–H and O–H groups in total. The van der Waals surface area contributed by atoms with E-state index in [4.69, 9.17) is 17.3 Å². The summed E-state index contributed by atoms with van der Waals surface area (Å²) >= 11 is 5.83. The predicted molar refractivity (Wildman–Crippen MR) is 66.3 cm³/mol. The molecule has 0 amide bonds. The highest BCUT2D eigenvalue weighted by Crippen LogP contribution is 2.17. The fourth-order valence-electron chi connectivity index (χ4n) is 1.60. The number of halogens is 1. The molecule has 0 aliphatic heterocycles. The van der Waals surface area contributed by atoms with E-state index in [9.17, 15) is 0 Å². The zero-order chi connectivity index (χ0) is 11.4. The molecule has 0 bridgehead atoms. The molecule has 2 rings (SSSR count). The summed E-state index contributed by atoms with van der Waals surface area (Å²) in [6.07, 6.45) is 4.33. The van der Waals surface area contributed by atoms with E-state index in [-0.39, 0.29) is 6.04 Å². The normalized spacial score (nSPS) is 12.4. The molecular weight excluding hydrogens is 220 g/mol. The van der Waals surface area contributed by atoms with Crippen molar-refractivity contribution < 1.29 is 0 Å². The van der Waals surface area contributed by atoms with Crippen LogP contribution in [0.25, 0.3) is 0 Å². The van der Waals surface area contributed by atoms with Crippen LogP contribution in [0.1, 0.15) is 17.2 Å². The summed E-state index contributed by atoms with van der Waals surface area (Å²) < 4.78 is 0. The summed E-state index contributed by atoms with van der Waals surface area (Å²) in [7, 11) is 0. The Morgan fingerprint density at radius 1 is 1.06 bits per heavy atom. The molecule has 3 heteroatoms. The molecule has 2 nitrogen and oxygen atoms in total. The number of aromatic nitrogens is 1. The van der Waals surface area contributed by atoms with Gasteiger partial charge in [0.25, 0.3) is 0 Å². The van der Waals surface area contributed by atoms with Gasteiger partial charge in [-0.25, -0.2) is 0 Å². The highest BCUT2D eigenvalue weighted by atomic mass is 35.5. The largest absolute Gasteiger partial charge is 0.324 e. The fourth-order valence-corrected chi connectivity index (χ4v) is 1.73. The molecule has 1 atom stereocenters. The molecular formula is C13H13ClN2. The summed E-state index contributed by atoms with van der Waals surface area (Å²) in [5.74, 6) is 0. The Morgan fingerprint density at radius 3 is 2.31 bits per heavy atom. The standard InChI is InChI=1S/C13H13ClN2/c14-12-3-1-10(2-4-12)9-13(15)11-5-7-16-8-6-11/h1-8,13H,9,15H2. The first kappa shape index (κ1) is 11.1. The quantitative estimate of drug-likeness (QED) is 0.884. The lowest BCUT2D eigenvalue weighted by Gasteiger charge is -2.11. The average Bonchev–Trinajstić information content (AvgIpc) is 2.33. The number of nitrogens with two attached hydrogens (primary N) is 1. The summed E-state index contributed by atoms with van der Waals surface area (Å²) in [6, 6.07) is 11.7. The van der Waals surface area contributed by atoms with Gasteiger partial charge in [0, 0.05) is 23.5 Å². The maximum atomic E-state index is 6.10. The predicted octanol–water partition coefficient (Wildman–Crippen LogP) is 2.98. The highest BCUT2D eigenvalue weighted by molar-refractivity contribution is 6.30. The van der Waals surface area contributed by atoms with E-state index >= 15 is 0 Å². The van der Waals surface area contributed by atoms with E-state index in [2.05, 4.69) is 4.98 Å². The first-order valence-corrected chi connectivity index (χ1v) is 5.53. The third-order valence-electron chi connectivity index (χ3n) is 2.50. The average molecular weight is 233 g/mol. The molecule has 1 aromatic heterocycles. The number of hydrogen-bond donors (Lipinski definition) is 1. The van der Waals surface area contributed by atoms with Gasteiger partial charge in [0.2, 0.25) is 0 Å². The molecule has 0 radical (unpaired) electrons. The lowest BCUT2D eigenvalue weighted by atomic mass is 10.0. The monoisotopic (exact) mass is 232 g/mol. The second kappa shape index (κ2) is 5.10. The molecule has 0 saturated heterocycles. The van der Waals surface area contributed by atoms with Crippen LogP contribution in [0.15, 0.2) is 48.8 Å². The van der Waals surface area contributed by atoms with E-state index in [1.165, 1.54) is 5.56 Å². The van der Waals surface area contributed by atoms with Gasteiger partial charge >= 0.3 is 0 Å². The third kappa shape index (κ3) is 2.81. The summed E-state index contributed by atoms with van der Waals surface area (Å²) in [5.41, 5.74) is 8.39. The molecule has 16 heavy (non-hydrogen) atoms. The second-order valence-corrected chi connectivity index (χ2v) is 4.15. The summed E-state index contributed by atoms with van der Waals surface area (Å²) in [6.45, 7) is 0. The molecule has 0 aliphatic carbocycles. The van der Waals surface area contributed by atoms with Crippen molar-refractivity contribution in [3.63, 3.8) is 0 Å². The van der Waals surface area contributed by atoms with E-state index in [0.29, 0.717) is 0 Å². The second-order valence-electron chi connectivity index (χ2n) is 3.72. The lowest BCUT2D eigenvalue weighted by molar-refractivity contribution is 0.720. The van der Waals surface area contributed by atoms with Gasteiger partial charge in [0.05, 0.1) is 0 Å². The smallest absolute Gasteiger partial charge is 0.0406 e. The van der Waals surface area contributed by atoms with Gasteiger partial charge in [0.1, 0.15) is 0 Å². The molecule has 0 fully saturated rings. The van der Waals surface area contributed by atoms with Gasteiger partial charge < -0.3 is 5.73 Å². The van der Waals surface area contributed by atoms with Crippen LogP contribution in [0.3, 0.4) is 0 Å². The number of rotatable bonds is 3. The van der Waals surface area contributed by atoms with Crippen molar-refractivity contribution >= 4 is 11.6 Å². The van der Waals surface area contributed by atoms with Crippen LogP contribution in [-0.2, 0) is 6.42 Å². The highest BCUT2D eigenvalue weighted by Gasteiger charge is 2.06. The third-order valence-corrected chi connectivity index (χ3v) is 2.76. The van der Waals surface area contributed by atoms with Gasteiger partial charge in [-0.15, -0.1) is 0 Å². The van der Waals surface area contributed by atoms with Gasteiger partial charge in [-0.2, -0.15) is 0 Å². The van der Waals surface area contributed by atoms with Gasteiger partial charge in [0.15, 0.2) is 0 Å². The molecule has 1 aromatic carbocycles. The van der Waals surface area contributed by atoms with Crippen molar-refractivity contribution in [2.24, 2.45) is 5.73 Å². The number of hydrogen-bond acceptors (Lipinski definition) is 2. The Morgan fingerprint density at radius 2 is 1.69 bits per heavy atom. The number of nitrogens with zero attached hydrogens (tertiary/aromatic N) is 1. The molecule has 1 unspecified atom stereocenters. The van der Waals surface area contributed by atoms with Gasteiger partial charge in [-0.3, -0.25) is 4.98 Å². The zero-order valence-electron chi connectivity index (χ0n) is 8.81. The molecule has 1 heterocycles. The van der Waals surface area contributed by atoms with E-state index < -0.39 is 0 Å². The van der Waals surface area contributed by atoms with Crippen LogP contribution >= 0.6 is 11.6 Å². The Balaban J connectivity index is 2.08. The molecule has 0 saturated carbocycles. The number of pyridine rings is 1. The van der Waals surface area contributed by atoms with Crippen LogP contribution in [-0.4, -0.2) is 4.98 Å². The fraction of sp³-hybridized carbons (Fsp3) is 0.154. The minimum atomic E-state index is 0.00387. The van der Waals surface area contributed by atoms with Crippen LogP contribution < -0.4 is 5.73 Å². The Hall–Kier alpha value is -1.38. The van der Waals surface area contributed by atoms with Crippen LogP contribution in [0.4, 0.5) is 0 Å². The minimum Gasteiger partial charge on any atom is -0.324 e. The van der Waals surface area contributed by atoms with Crippen molar-refractivity contribution in [1.82, 2.24) is 4.98 Å². The Kier molecular flexibility index (Phi) is 3.54. The van der Waals surface area contributed by atoms with E-state index in [1.807, 2.05) is 36.4 Å². The van der Waals surface area contributed by atoms with Crippen molar-refractivity contribution in [3.8, 4) is 0 Å². The number of benzene rings is 1. The molecule has 0 spiro atoms. The topological polar surface area (TPSA) is 38.9 Å². The Labute approximate surface area is 100 Å². The minimum absolute atomic E-state index is 0.00387. The van der Waals surface area contributed by atoms with Crippen molar-refractivity contribution in [2.75, 3.05) is 0 Å². The first-order chi connectivity index (χ1) is 7.75. The van der Waals surface area contributed by atoms with Crippen molar-refractivity contribution in [1.29, 1.82) is 0 Å². The van der Waals surface area contributed by atoms with E-state index in [0.717, 1.165) is 17.0 Å². The SMILES string of the molecule is NC(Cc1ccc(Cl)cc1)c1ccncc1. The maximum Gasteiger partial charge on any atom is 0.0406 e. The first-order valence-electron chi connectivity index (χ1n) is 5.15. The molecule has 0 aliphatic rings. The summed E-state index contributed by atoms with van der Waals surface area (Å²) in [4.78, 5) is 3.97. The van der Waals surface area contributed by atoms with Crippen LogP contribution in [0, 0.1) is 0 Å². The lowest BCUT2D eigenvalue weighted by Crippen LogP contribution is -2.13. The van der Waals surface area contributed by atoms with Crippen molar-refractivity contribution in [3.05, 3.63) is 64.9 Å². The maximum absolute atomic E-state index is 6.10. The van der Waals surface area contributed by atoms with E-state index in [1.54, 1.807) is 12.4 Å². The molecule has 82 valence electrons. The van der Waals surface area contributed by atoms with Gasteiger partial charge in [-0.05, 0) is 41.8 Å². The van der Waals surface area contributed by atoms with Crippen molar-refractivity contribution in [2.45, 2.75) is 12.5 Å². The van der Waals surface area contributed by atoms with Crippen LogP contribution in [0.2, 0.25) is 5.02 Å².